The highest BCUT2D eigenvalue weighted by atomic mass is 16.5. The summed E-state index contributed by atoms with van der Waals surface area (Å²) < 4.78 is 5.62. The van der Waals surface area contributed by atoms with E-state index in [9.17, 15) is 0 Å². The van der Waals surface area contributed by atoms with Crippen molar-refractivity contribution in [2.24, 2.45) is 5.41 Å². The van der Waals surface area contributed by atoms with E-state index >= 15 is 0 Å². The van der Waals surface area contributed by atoms with Gasteiger partial charge in [-0.25, -0.2) is 0 Å². The molecule has 0 radical (unpaired) electrons. The SMILES string of the molecule is COC1(C)CC(NCC(C)N(C)C)C1(C)C. The third-order valence-corrected chi connectivity index (χ3v) is 4.82. The third kappa shape index (κ3) is 2.27. The Morgan fingerprint density at radius 2 is 1.94 bits per heavy atom. The molecule has 0 aliphatic heterocycles. The highest BCUT2D eigenvalue weighted by Gasteiger charge is 2.57. The van der Waals surface area contributed by atoms with Gasteiger partial charge < -0.3 is 15.0 Å². The van der Waals surface area contributed by atoms with Crippen LogP contribution in [0.2, 0.25) is 0 Å². The number of hydrogen-bond acceptors (Lipinski definition) is 3. The molecular weight excluding hydrogens is 200 g/mol. The Balaban J connectivity index is 2.43. The van der Waals surface area contributed by atoms with Crippen molar-refractivity contribution in [3.8, 4) is 0 Å². The van der Waals surface area contributed by atoms with E-state index in [1.165, 1.54) is 0 Å². The number of nitrogens with zero attached hydrogens (tertiary/aromatic N) is 1. The normalized spacial score (nSPS) is 34.9. The van der Waals surface area contributed by atoms with E-state index in [-0.39, 0.29) is 11.0 Å². The quantitative estimate of drug-likeness (QED) is 0.775. The van der Waals surface area contributed by atoms with Gasteiger partial charge in [-0.05, 0) is 34.4 Å². The van der Waals surface area contributed by atoms with Gasteiger partial charge in [-0.3, -0.25) is 0 Å². The Bertz CT molecular complexity index is 240. The van der Waals surface area contributed by atoms with Gasteiger partial charge in [0.2, 0.25) is 0 Å². The number of hydrogen-bond donors (Lipinski definition) is 1. The Hall–Kier alpha value is -0.120. The molecule has 0 aromatic carbocycles. The molecule has 0 saturated heterocycles. The average Bonchev–Trinajstić information content (AvgIpc) is 2.22. The molecule has 1 aliphatic rings. The maximum Gasteiger partial charge on any atom is 0.0731 e. The topological polar surface area (TPSA) is 24.5 Å². The minimum Gasteiger partial charge on any atom is -0.378 e. The predicted molar refractivity (Wildman–Crippen MR) is 68.8 cm³/mol. The lowest BCUT2D eigenvalue weighted by atomic mass is 9.56. The minimum atomic E-state index is 0.0338. The van der Waals surface area contributed by atoms with E-state index in [4.69, 9.17) is 4.74 Å². The van der Waals surface area contributed by atoms with Crippen molar-refractivity contribution >= 4 is 0 Å². The zero-order chi connectivity index (χ0) is 12.6. The van der Waals surface area contributed by atoms with Crippen molar-refractivity contribution in [2.75, 3.05) is 27.7 Å². The molecule has 0 spiro atoms. The van der Waals surface area contributed by atoms with Crippen molar-refractivity contribution in [2.45, 2.75) is 51.8 Å². The summed E-state index contributed by atoms with van der Waals surface area (Å²) in [7, 11) is 6.06. The summed E-state index contributed by atoms with van der Waals surface area (Å²) in [6.07, 6.45) is 1.11. The van der Waals surface area contributed by atoms with Gasteiger partial charge in [0.25, 0.3) is 0 Å². The van der Waals surface area contributed by atoms with Crippen LogP contribution < -0.4 is 5.32 Å². The van der Waals surface area contributed by atoms with Crippen LogP contribution in [0.1, 0.15) is 34.1 Å². The Kier molecular flexibility index (Phi) is 4.04. The molecule has 0 aromatic rings. The molecule has 3 nitrogen and oxygen atoms in total. The second-order valence-electron chi connectivity index (χ2n) is 6.13. The van der Waals surface area contributed by atoms with Crippen LogP contribution in [0.15, 0.2) is 0 Å². The van der Waals surface area contributed by atoms with Crippen LogP contribution >= 0.6 is 0 Å². The third-order valence-electron chi connectivity index (χ3n) is 4.82. The molecule has 1 saturated carbocycles. The fourth-order valence-corrected chi connectivity index (χ4v) is 2.31. The number of methoxy groups -OCH3 is 1. The number of likely N-dealkylation sites (N-methyl/N-ethyl adjacent to an activating group) is 1. The number of nitrogens with one attached hydrogen (secondary N) is 1. The molecule has 0 bridgehead atoms. The molecule has 3 unspecified atom stereocenters. The maximum absolute atomic E-state index is 5.62. The van der Waals surface area contributed by atoms with E-state index in [1.54, 1.807) is 0 Å². The molecule has 1 aliphatic carbocycles. The van der Waals surface area contributed by atoms with Gasteiger partial charge >= 0.3 is 0 Å². The lowest BCUT2D eigenvalue weighted by Crippen LogP contribution is -2.68. The van der Waals surface area contributed by atoms with Crippen LogP contribution in [0.25, 0.3) is 0 Å². The summed E-state index contributed by atoms with van der Waals surface area (Å²) in [6, 6.07) is 1.14. The zero-order valence-corrected chi connectivity index (χ0v) is 11.9. The molecule has 1 rings (SSSR count). The molecule has 0 amide bonds. The van der Waals surface area contributed by atoms with Gasteiger partial charge in [-0.2, -0.15) is 0 Å². The largest absolute Gasteiger partial charge is 0.378 e. The first-order valence-electron chi connectivity index (χ1n) is 6.19. The van der Waals surface area contributed by atoms with E-state index in [0.29, 0.717) is 12.1 Å². The molecule has 1 fully saturated rings. The van der Waals surface area contributed by atoms with Crippen LogP contribution in [-0.2, 0) is 4.74 Å². The van der Waals surface area contributed by atoms with Crippen LogP contribution in [-0.4, -0.2) is 50.3 Å². The molecular formula is C13H28N2O. The van der Waals surface area contributed by atoms with E-state index in [0.717, 1.165) is 13.0 Å². The molecule has 1 N–H and O–H groups in total. The summed E-state index contributed by atoms with van der Waals surface area (Å²) in [5.41, 5.74) is 0.250. The smallest absolute Gasteiger partial charge is 0.0731 e. The fraction of sp³-hybridized carbons (Fsp3) is 1.00. The highest BCUT2D eigenvalue weighted by Crippen LogP contribution is 2.51. The van der Waals surface area contributed by atoms with E-state index < -0.39 is 0 Å². The first kappa shape index (κ1) is 13.9. The highest BCUT2D eigenvalue weighted by molar-refractivity contribution is 5.11. The number of ether oxygens (including phenoxy) is 1. The van der Waals surface area contributed by atoms with Crippen molar-refractivity contribution in [1.29, 1.82) is 0 Å². The average molecular weight is 228 g/mol. The summed E-state index contributed by atoms with van der Waals surface area (Å²) in [5.74, 6) is 0. The van der Waals surface area contributed by atoms with Crippen LogP contribution in [0.5, 0.6) is 0 Å². The van der Waals surface area contributed by atoms with E-state index in [2.05, 4.69) is 52.0 Å². The summed E-state index contributed by atoms with van der Waals surface area (Å²) in [5, 5.41) is 3.66. The first-order chi connectivity index (χ1) is 7.24. The second kappa shape index (κ2) is 4.63. The Morgan fingerprint density at radius 3 is 2.31 bits per heavy atom. The van der Waals surface area contributed by atoms with Crippen molar-refractivity contribution < 1.29 is 4.74 Å². The van der Waals surface area contributed by atoms with Crippen molar-refractivity contribution in [3.63, 3.8) is 0 Å². The van der Waals surface area contributed by atoms with Crippen LogP contribution in [0, 0.1) is 5.41 Å². The van der Waals surface area contributed by atoms with Gasteiger partial charge in [-0.15, -0.1) is 0 Å². The van der Waals surface area contributed by atoms with Gasteiger partial charge in [0.1, 0.15) is 0 Å². The van der Waals surface area contributed by atoms with Crippen molar-refractivity contribution in [3.05, 3.63) is 0 Å². The second-order valence-corrected chi connectivity index (χ2v) is 6.13. The maximum atomic E-state index is 5.62. The minimum absolute atomic E-state index is 0.0338. The molecule has 0 aromatic heterocycles. The molecule has 16 heavy (non-hydrogen) atoms. The van der Waals surface area contributed by atoms with Gasteiger partial charge in [0, 0.05) is 31.2 Å². The number of rotatable bonds is 5. The summed E-state index contributed by atoms with van der Waals surface area (Å²) in [4.78, 5) is 2.24. The lowest BCUT2D eigenvalue weighted by molar-refractivity contribution is -0.180. The van der Waals surface area contributed by atoms with E-state index in [1.807, 2.05) is 7.11 Å². The van der Waals surface area contributed by atoms with Crippen LogP contribution in [0.4, 0.5) is 0 Å². The zero-order valence-electron chi connectivity index (χ0n) is 11.9. The predicted octanol–water partition coefficient (Wildman–Crippen LogP) is 1.73. The van der Waals surface area contributed by atoms with Gasteiger partial charge in [0.05, 0.1) is 5.60 Å². The Morgan fingerprint density at radius 1 is 1.38 bits per heavy atom. The fourth-order valence-electron chi connectivity index (χ4n) is 2.31. The van der Waals surface area contributed by atoms with Gasteiger partial charge in [0.15, 0.2) is 0 Å². The first-order valence-corrected chi connectivity index (χ1v) is 6.19. The summed E-state index contributed by atoms with van der Waals surface area (Å²) in [6.45, 7) is 10.1. The van der Waals surface area contributed by atoms with Crippen molar-refractivity contribution in [1.82, 2.24) is 10.2 Å². The molecule has 0 heterocycles. The molecule has 3 heteroatoms. The Labute approximate surface area is 101 Å². The lowest BCUT2D eigenvalue weighted by Gasteiger charge is -2.59. The van der Waals surface area contributed by atoms with Gasteiger partial charge in [-0.1, -0.05) is 13.8 Å². The monoisotopic (exact) mass is 228 g/mol. The summed E-state index contributed by atoms with van der Waals surface area (Å²) >= 11 is 0. The van der Waals surface area contributed by atoms with Crippen LogP contribution in [0.3, 0.4) is 0 Å². The molecule has 96 valence electrons. The molecule has 3 atom stereocenters. The standard InChI is InChI=1S/C13H28N2O/c1-10(15(5)6)9-14-11-8-13(4,16-7)12(11,2)3/h10-11,14H,8-9H2,1-7H3.